The first-order valence-electron chi connectivity index (χ1n) is 17.5. The molecule has 0 heterocycles. The summed E-state index contributed by atoms with van der Waals surface area (Å²) in [4.78, 5) is 23.9. The molecule has 0 aromatic rings. The number of esters is 2. The maximum Gasteiger partial charge on any atom is 0.305 e. The molecule has 0 radical (unpaired) electrons. The Bertz CT molecular complexity index is 795. The Morgan fingerprint density at radius 3 is 2.00 bits per heavy atom. The number of rotatable bonds is 26. The summed E-state index contributed by atoms with van der Waals surface area (Å²) in [6.45, 7) is 6.25. The summed E-state index contributed by atoms with van der Waals surface area (Å²) in [7, 11) is 0. The maximum atomic E-state index is 12.0. The standard InChI is InChI=1S/C36H64O8/c1-4-5-13-19-29(37)23-24-32-31(33(39)25-34(32)40)20-15-11-12-17-22-36(42)44-27-30(38)26-43-35(41)21-16-10-8-6-7-9-14-18-28(2)3/h11,15,23-24,28-34,37-40H,4-10,12-14,16-22,25-27H2,1-3H3/b15-11+,24-23+/t29-,30-,31+,32+,33-,34+/m0/s1. The highest BCUT2D eigenvalue weighted by molar-refractivity contribution is 5.69. The summed E-state index contributed by atoms with van der Waals surface area (Å²) in [5.74, 6) is -0.284. The van der Waals surface area contributed by atoms with Crippen LogP contribution in [-0.2, 0) is 19.1 Å². The summed E-state index contributed by atoms with van der Waals surface area (Å²) in [6, 6.07) is 0. The van der Waals surface area contributed by atoms with Gasteiger partial charge in [-0.1, -0.05) is 109 Å². The second-order valence-corrected chi connectivity index (χ2v) is 13.1. The summed E-state index contributed by atoms with van der Waals surface area (Å²) < 4.78 is 10.2. The smallest absolute Gasteiger partial charge is 0.305 e. The highest BCUT2D eigenvalue weighted by Gasteiger charge is 2.39. The molecule has 0 spiro atoms. The summed E-state index contributed by atoms with van der Waals surface area (Å²) in [6.07, 6.45) is 20.6. The molecule has 0 aromatic heterocycles. The zero-order valence-electron chi connectivity index (χ0n) is 27.9. The van der Waals surface area contributed by atoms with Crippen LogP contribution in [0.4, 0.5) is 0 Å². The van der Waals surface area contributed by atoms with Gasteiger partial charge in [-0.25, -0.2) is 0 Å². The van der Waals surface area contributed by atoms with Gasteiger partial charge >= 0.3 is 11.9 Å². The van der Waals surface area contributed by atoms with Crippen LogP contribution < -0.4 is 0 Å². The van der Waals surface area contributed by atoms with Crippen LogP contribution in [0.25, 0.3) is 0 Å². The summed E-state index contributed by atoms with van der Waals surface area (Å²) in [5.41, 5.74) is 0. The Balaban J connectivity index is 2.12. The van der Waals surface area contributed by atoms with Crippen molar-refractivity contribution in [3.8, 4) is 0 Å². The Kier molecular flexibility index (Phi) is 23.3. The van der Waals surface area contributed by atoms with E-state index >= 15 is 0 Å². The van der Waals surface area contributed by atoms with Crippen molar-refractivity contribution >= 4 is 11.9 Å². The predicted octanol–water partition coefficient (Wildman–Crippen LogP) is 6.57. The van der Waals surface area contributed by atoms with Crippen LogP contribution in [0.15, 0.2) is 24.3 Å². The fourth-order valence-electron chi connectivity index (χ4n) is 5.67. The molecule has 0 aromatic carbocycles. The number of hydrogen-bond donors (Lipinski definition) is 4. The van der Waals surface area contributed by atoms with Gasteiger partial charge in [0.25, 0.3) is 0 Å². The molecular weight excluding hydrogens is 560 g/mol. The molecule has 1 fully saturated rings. The summed E-state index contributed by atoms with van der Waals surface area (Å²) in [5, 5.41) is 41.0. The number of carbonyl (C=O) groups is 2. The van der Waals surface area contributed by atoms with Gasteiger partial charge in [-0.3, -0.25) is 9.59 Å². The van der Waals surface area contributed by atoms with Gasteiger partial charge in [-0.15, -0.1) is 0 Å². The van der Waals surface area contributed by atoms with Crippen molar-refractivity contribution in [3.05, 3.63) is 24.3 Å². The van der Waals surface area contributed by atoms with E-state index < -0.39 is 30.4 Å². The normalized spacial score (nSPS) is 21.8. The fourth-order valence-corrected chi connectivity index (χ4v) is 5.67. The number of ether oxygens (including phenoxy) is 2. The third-order valence-electron chi connectivity index (χ3n) is 8.44. The monoisotopic (exact) mass is 624 g/mol. The van der Waals surface area contributed by atoms with Gasteiger partial charge in [0.2, 0.25) is 0 Å². The zero-order chi connectivity index (χ0) is 32.6. The third kappa shape index (κ3) is 20.3. The molecule has 1 aliphatic carbocycles. The van der Waals surface area contributed by atoms with Crippen molar-refractivity contribution in [2.24, 2.45) is 17.8 Å². The van der Waals surface area contributed by atoms with Crippen molar-refractivity contribution in [3.63, 3.8) is 0 Å². The lowest BCUT2D eigenvalue weighted by atomic mass is 9.89. The van der Waals surface area contributed by atoms with E-state index in [4.69, 9.17) is 9.47 Å². The number of allylic oxidation sites excluding steroid dienone is 2. The highest BCUT2D eigenvalue weighted by Crippen LogP contribution is 2.36. The van der Waals surface area contributed by atoms with Crippen LogP contribution >= 0.6 is 0 Å². The number of aliphatic hydroxyl groups is 4. The maximum absolute atomic E-state index is 12.0. The van der Waals surface area contributed by atoms with Gasteiger partial charge in [0.15, 0.2) is 0 Å². The molecule has 0 aliphatic heterocycles. The van der Waals surface area contributed by atoms with E-state index in [0.29, 0.717) is 38.5 Å². The Hall–Kier alpha value is -1.74. The number of aliphatic hydroxyl groups excluding tert-OH is 4. The molecule has 0 amide bonds. The van der Waals surface area contributed by atoms with Gasteiger partial charge in [-0.2, -0.15) is 0 Å². The minimum Gasteiger partial charge on any atom is -0.463 e. The Labute approximate surface area is 267 Å². The topological polar surface area (TPSA) is 134 Å². The Morgan fingerprint density at radius 2 is 1.36 bits per heavy atom. The fraction of sp³-hybridized carbons (Fsp3) is 0.833. The second-order valence-electron chi connectivity index (χ2n) is 13.1. The molecule has 0 saturated heterocycles. The van der Waals surface area contributed by atoms with E-state index in [1.807, 2.05) is 18.2 Å². The zero-order valence-corrected chi connectivity index (χ0v) is 27.9. The molecule has 8 nitrogen and oxygen atoms in total. The number of carbonyl (C=O) groups excluding carboxylic acids is 2. The summed E-state index contributed by atoms with van der Waals surface area (Å²) >= 11 is 0. The van der Waals surface area contributed by atoms with Crippen LogP contribution in [-0.4, -0.2) is 70.0 Å². The van der Waals surface area contributed by atoms with Crippen molar-refractivity contribution in [1.82, 2.24) is 0 Å². The van der Waals surface area contributed by atoms with E-state index in [9.17, 15) is 30.0 Å². The first kappa shape index (κ1) is 40.3. The van der Waals surface area contributed by atoms with Crippen LogP contribution in [0.2, 0.25) is 0 Å². The molecule has 1 aliphatic rings. The average Bonchev–Trinajstić information content (AvgIpc) is 3.25. The van der Waals surface area contributed by atoms with Crippen LogP contribution in [0, 0.1) is 17.8 Å². The lowest BCUT2D eigenvalue weighted by molar-refractivity contribution is -0.152. The van der Waals surface area contributed by atoms with E-state index in [1.54, 1.807) is 6.08 Å². The van der Waals surface area contributed by atoms with Crippen molar-refractivity contribution < 1.29 is 39.5 Å². The van der Waals surface area contributed by atoms with E-state index in [-0.39, 0.29) is 37.4 Å². The van der Waals surface area contributed by atoms with Crippen molar-refractivity contribution in [2.45, 2.75) is 161 Å². The van der Waals surface area contributed by atoms with Gasteiger partial charge in [-0.05, 0) is 43.9 Å². The van der Waals surface area contributed by atoms with Gasteiger partial charge < -0.3 is 29.9 Å². The molecule has 1 saturated carbocycles. The van der Waals surface area contributed by atoms with Crippen molar-refractivity contribution in [2.75, 3.05) is 13.2 Å². The first-order valence-corrected chi connectivity index (χ1v) is 17.5. The third-order valence-corrected chi connectivity index (χ3v) is 8.44. The largest absolute Gasteiger partial charge is 0.463 e. The minimum absolute atomic E-state index is 0.116. The molecular formula is C36H64O8. The van der Waals surface area contributed by atoms with Crippen LogP contribution in [0.5, 0.6) is 0 Å². The highest BCUT2D eigenvalue weighted by atomic mass is 16.6. The SMILES string of the molecule is CCCCC[C@H](O)/C=C/[C@@H]1[C@@H](C/C=C/CCCC(=O)OC[C@@H](O)COC(=O)CCCCCCCCCC(C)C)[C@@H](O)C[C@H]1O. The van der Waals surface area contributed by atoms with Gasteiger partial charge in [0.05, 0.1) is 18.3 Å². The lowest BCUT2D eigenvalue weighted by Gasteiger charge is -2.19. The van der Waals surface area contributed by atoms with E-state index in [1.165, 1.54) is 32.1 Å². The van der Waals surface area contributed by atoms with Gasteiger partial charge in [0, 0.05) is 25.2 Å². The molecule has 1 rings (SSSR count). The average molecular weight is 625 g/mol. The van der Waals surface area contributed by atoms with Crippen LogP contribution in [0.1, 0.15) is 136 Å². The Morgan fingerprint density at radius 1 is 0.773 bits per heavy atom. The molecule has 4 N–H and O–H groups in total. The number of unbranched alkanes of at least 4 members (excludes halogenated alkanes) is 9. The second kappa shape index (κ2) is 25.5. The van der Waals surface area contributed by atoms with Gasteiger partial charge in [0.1, 0.15) is 19.3 Å². The lowest BCUT2D eigenvalue weighted by Crippen LogP contribution is -2.25. The molecule has 256 valence electrons. The number of hydrogen-bond acceptors (Lipinski definition) is 8. The minimum atomic E-state index is -1.04. The van der Waals surface area contributed by atoms with Crippen molar-refractivity contribution in [1.29, 1.82) is 0 Å². The quantitative estimate of drug-likeness (QED) is 0.0482. The molecule has 8 heteroatoms. The molecule has 6 atom stereocenters. The molecule has 44 heavy (non-hydrogen) atoms. The van der Waals surface area contributed by atoms with Crippen LogP contribution in [0.3, 0.4) is 0 Å². The van der Waals surface area contributed by atoms with E-state index in [0.717, 1.165) is 44.4 Å². The molecule has 0 unspecified atom stereocenters. The molecule has 0 bridgehead atoms. The predicted molar refractivity (Wildman–Crippen MR) is 175 cm³/mol. The first-order chi connectivity index (χ1) is 21.1. The van der Waals surface area contributed by atoms with E-state index in [2.05, 4.69) is 20.8 Å².